The molecule has 17 heavy (non-hydrogen) atoms. The van der Waals surface area contributed by atoms with Crippen LogP contribution in [0.5, 0.6) is 0 Å². The summed E-state index contributed by atoms with van der Waals surface area (Å²) < 4.78 is 26.3. The van der Waals surface area contributed by atoms with Crippen molar-refractivity contribution in [3.63, 3.8) is 0 Å². The topological polar surface area (TPSA) is 43.1 Å². The lowest BCUT2D eigenvalue weighted by atomic mass is 10.0. The second-order valence-corrected chi connectivity index (χ2v) is 3.58. The predicted octanol–water partition coefficient (Wildman–Crippen LogP) is 2.78. The van der Waals surface area contributed by atoms with Crippen LogP contribution in [0.2, 0.25) is 0 Å². The summed E-state index contributed by atoms with van der Waals surface area (Å²) in [5.74, 6) is -1.99. The van der Waals surface area contributed by atoms with Gasteiger partial charge in [0.05, 0.1) is 5.56 Å². The molecule has 0 fully saturated rings. The van der Waals surface area contributed by atoms with Crippen molar-refractivity contribution in [2.24, 2.45) is 0 Å². The number of benzene rings is 2. The molecule has 0 bridgehead atoms. The van der Waals surface area contributed by atoms with E-state index in [1.54, 1.807) is 12.1 Å². The first-order valence-corrected chi connectivity index (χ1v) is 4.93. The fourth-order valence-corrected chi connectivity index (χ4v) is 1.51. The second kappa shape index (κ2) is 4.33. The van der Waals surface area contributed by atoms with Gasteiger partial charge in [0.1, 0.15) is 11.6 Å². The summed E-state index contributed by atoms with van der Waals surface area (Å²) in [6, 6.07) is 8.88. The average molecular weight is 233 g/mol. The molecular weight excluding hydrogens is 224 g/mol. The highest BCUT2D eigenvalue weighted by atomic mass is 19.1. The Morgan fingerprint density at radius 2 is 1.82 bits per heavy atom. The van der Waals surface area contributed by atoms with Gasteiger partial charge in [-0.1, -0.05) is 12.1 Å². The number of ketones is 1. The van der Waals surface area contributed by atoms with Gasteiger partial charge in [0.25, 0.3) is 0 Å². The van der Waals surface area contributed by atoms with E-state index in [4.69, 9.17) is 5.73 Å². The van der Waals surface area contributed by atoms with Crippen molar-refractivity contribution in [3.8, 4) is 0 Å². The van der Waals surface area contributed by atoms with Gasteiger partial charge in [-0.25, -0.2) is 8.78 Å². The van der Waals surface area contributed by atoms with E-state index >= 15 is 0 Å². The minimum atomic E-state index is -0.751. The quantitative estimate of drug-likeness (QED) is 0.640. The van der Waals surface area contributed by atoms with E-state index < -0.39 is 17.4 Å². The van der Waals surface area contributed by atoms with Gasteiger partial charge < -0.3 is 5.73 Å². The molecule has 0 atom stereocenters. The highest BCUT2D eigenvalue weighted by molar-refractivity contribution is 6.09. The Balaban J connectivity index is 2.47. The summed E-state index contributed by atoms with van der Waals surface area (Å²) in [6.45, 7) is 0. The van der Waals surface area contributed by atoms with Gasteiger partial charge in [0.15, 0.2) is 5.78 Å². The lowest BCUT2D eigenvalue weighted by Gasteiger charge is -2.03. The summed E-state index contributed by atoms with van der Waals surface area (Å²) in [4.78, 5) is 11.9. The number of carbonyl (C=O) groups excluding carboxylic acids is 1. The lowest BCUT2D eigenvalue weighted by molar-refractivity contribution is 0.103. The molecule has 0 radical (unpaired) electrons. The summed E-state index contributed by atoms with van der Waals surface area (Å²) in [5.41, 5.74) is 5.85. The number of nitrogens with two attached hydrogens (primary N) is 1. The molecular formula is C13H9F2NO. The second-order valence-electron chi connectivity index (χ2n) is 3.58. The van der Waals surface area contributed by atoms with Crippen molar-refractivity contribution in [2.75, 3.05) is 5.73 Å². The van der Waals surface area contributed by atoms with Crippen LogP contribution >= 0.6 is 0 Å². The van der Waals surface area contributed by atoms with Crippen LogP contribution in [0.4, 0.5) is 14.5 Å². The van der Waals surface area contributed by atoms with Gasteiger partial charge in [0, 0.05) is 11.3 Å². The lowest BCUT2D eigenvalue weighted by Crippen LogP contribution is -2.05. The number of hydrogen-bond acceptors (Lipinski definition) is 2. The maximum atomic E-state index is 13.4. The van der Waals surface area contributed by atoms with Crippen molar-refractivity contribution in [1.29, 1.82) is 0 Å². The molecule has 0 aliphatic rings. The van der Waals surface area contributed by atoms with Gasteiger partial charge in [0.2, 0.25) is 0 Å². The fourth-order valence-electron chi connectivity index (χ4n) is 1.51. The molecule has 2 aromatic rings. The Morgan fingerprint density at radius 1 is 1.06 bits per heavy atom. The molecule has 0 unspecified atom stereocenters. The van der Waals surface area contributed by atoms with Crippen LogP contribution in [0.3, 0.4) is 0 Å². The van der Waals surface area contributed by atoms with Crippen molar-refractivity contribution in [3.05, 3.63) is 65.2 Å². The molecule has 0 heterocycles. The van der Waals surface area contributed by atoms with Crippen molar-refractivity contribution in [1.82, 2.24) is 0 Å². The highest BCUT2D eigenvalue weighted by Gasteiger charge is 2.14. The Morgan fingerprint density at radius 3 is 2.53 bits per heavy atom. The van der Waals surface area contributed by atoms with Crippen LogP contribution < -0.4 is 5.73 Å². The first-order chi connectivity index (χ1) is 8.08. The normalized spacial score (nSPS) is 10.2. The van der Waals surface area contributed by atoms with Crippen molar-refractivity contribution in [2.45, 2.75) is 0 Å². The molecule has 0 saturated carbocycles. The van der Waals surface area contributed by atoms with Crippen LogP contribution in [0, 0.1) is 11.6 Å². The van der Waals surface area contributed by atoms with E-state index in [1.165, 1.54) is 12.1 Å². The monoisotopic (exact) mass is 233 g/mol. The predicted molar refractivity (Wildman–Crippen MR) is 60.6 cm³/mol. The van der Waals surface area contributed by atoms with E-state index in [0.717, 1.165) is 18.2 Å². The number of carbonyl (C=O) groups is 1. The number of nitrogen functional groups attached to an aromatic ring is 1. The van der Waals surface area contributed by atoms with E-state index in [2.05, 4.69) is 0 Å². The number of hydrogen-bond donors (Lipinski definition) is 1. The summed E-state index contributed by atoms with van der Waals surface area (Å²) in [7, 11) is 0. The van der Waals surface area contributed by atoms with E-state index in [9.17, 15) is 13.6 Å². The summed E-state index contributed by atoms with van der Waals surface area (Å²) in [6.07, 6.45) is 0. The SMILES string of the molecule is Nc1cccc(C(=O)c2cc(F)ccc2F)c1. The van der Waals surface area contributed by atoms with Crippen LogP contribution in [0.25, 0.3) is 0 Å². The zero-order chi connectivity index (χ0) is 12.4. The van der Waals surface area contributed by atoms with Gasteiger partial charge >= 0.3 is 0 Å². The molecule has 0 amide bonds. The highest BCUT2D eigenvalue weighted by Crippen LogP contribution is 2.16. The van der Waals surface area contributed by atoms with Crippen LogP contribution in [0.15, 0.2) is 42.5 Å². The molecule has 2 N–H and O–H groups in total. The molecule has 0 aromatic heterocycles. The Hall–Kier alpha value is -2.23. The number of rotatable bonds is 2. The van der Waals surface area contributed by atoms with E-state index in [0.29, 0.717) is 5.69 Å². The fraction of sp³-hybridized carbons (Fsp3) is 0. The smallest absolute Gasteiger partial charge is 0.196 e. The number of anilines is 1. The molecule has 0 spiro atoms. The molecule has 4 heteroatoms. The van der Waals surface area contributed by atoms with E-state index in [1.807, 2.05) is 0 Å². The van der Waals surface area contributed by atoms with Gasteiger partial charge in [-0.3, -0.25) is 4.79 Å². The molecule has 2 nitrogen and oxygen atoms in total. The Labute approximate surface area is 96.7 Å². The Bertz CT molecular complexity index is 581. The Kier molecular flexibility index (Phi) is 2.87. The zero-order valence-corrected chi connectivity index (χ0v) is 8.78. The van der Waals surface area contributed by atoms with Crippen LogP contribution in [-0.4, -0.2) is 5.78 Å². The molecule has 0 saturated heterocycles. The zero-order valence-electron chi connectivity index (χ0n) is 8.78. The third-order valence-electron chi connectivity index (χ3n) is 2.32. The molecule has 2 aromatic carbocycles. The first kappa shape index (κ1) is 11.3. The van der Waals surface area contributed by atoms with Crippen molar-refractivity contribution < 1.29 is 13.6 Å². The van der Waals surface area contributed by atoms with Gasteiger partial charge in [-0.15, -0.1) is 0 Å². The van der Waals surface area contributed by atoms with Gasteiger partial charge in [-0.05, 0) is 30.3 Å². The molecule has 2 rings (SSSR count). The minimum Gasteiger partial charge on any atom is -0.399 e. The van der Waals surface area contributed by atoms with Crippen LogP contribution in [-0.2, 0) is 0 Å². The molecule has 0 aliphatic carbocycles. The molecule has 0 aliphatic heterocycles. The largest absolute Gasteiger partial charge is 0.399 e. The van der Waals surface area contributed by atoms with Crippen LogP contribution in [0.1, 0.15) is 15.9 Å². The standard InChI is InChI=1S/C13H9F2NO/c14-9-4-5-12(15)11(7-9)13(17)8-2-1-3-10(16)6-8/h1-7H,16H2. The first-order valence-electron chi connectivity index (χ1n) is 4.93. The third-order valence-corrected chi connectivity index (χ3v) is 2.32. The maximum absolute atomic E-state index is 13.4. The van der Waals surface area contributed by atoms with E-state index in [-0.39, 0.29) is 11.1 Å². The molecule has 86 valence electrons. The average Bonchev–Trinajstić information content (AvgIpc) is 2.31. The summed E-state index contributed by atoms with van der Waals surface area (Å²) in [5, 5.41) is 0. The third kappa shape index (κ3) is 2.30. The van der Waals surface area contributed by atoms with Crippen molar-refractivity contribution >= 4 is 11.5 Å². The maximum Gasteiger partial charge on any atom is 0.196 e. The number of halogens is 2. The summed E-state index contributed by atoms with van der Waals surface area (Å²) >= 11 is 0. The minimum absolute atomic E-state index is 0.231. The van der Waals surface area contributed by atoms with Gasteiger partial charge in [-0.2, -0.15) is 0 Å².